The number of aliphatic hydroxyl groups excluding tert-OH is 4. The van der Waals surface area contributed by atoms with E-state index in [4.69, 9.17) is 14.6 Å². The van der Waals surface area contributed by atoms with Crippen molar-refractivity contribution in [3.05, 3.63) is 35.9 Å². The van der Waals surface area contributed by atoms with E-state index in [9.17, 15) is 20.1 Å². The van der Waals surface area contributed by atoms with Crippen LogP contribution < -0.4 is 5.32 Å². The summed E-state index contributed by atoms with van der Waals surface area (Å²) in [5, 5.41) is 40.5. The Morgan fingerprint density at radius 2 is 1.86 bits per heavy atom. The highest BCUT2D eigenvalue weighted by molar-refractivity contribution is 5.67. The van der Waals surface area contributed by atoms with Crippen molar-refractivity contribution < 1.29 is 34.7 Å². The summed E-state index contributed by atoms with van der Waals surface area (Å²) < 4.78 is 9.88. The fraction of sp³-hybridized carbons (Fsp3) is 0.500. The molecule has 1 aliphatic rings. The zero-order chi connectivity index (χ0) is 16.1. The van der Waals surface area contributed by atoms with Crippen molar-refractivity contribution in [1.82, 2.24) is 5.32 Å². The van der Waals surface area contributed by atoms with Gasteiger partial charge in [0.15, 0.2) is 6.29 Å². The minimum Gasteiger partial charge on any atom is -0.445 e. The SMILES string of the molecule is O=C(N[C@@H]1[C@H](O)[C@H](O)[C@H](CO)O[C@@H]1O)OCc1ccccc1. The minimum atomic E-state index is -1.57. The van der Waals surface area contributed by atoms with E-state index in [1.807, 2.05) is 6.07 Å². The fourth-order valence-corrected chi connectivity index (χ4v) is 2.15. The molecule has 8 heteroatoms. The summed E-state index contributed by atoms with van der Waals surface area (Å²) in [5.74, 6) is 0. The smallest absolute Gasteiger partial charge is 0.407 e. The second kappa shape index (κ2) is 7.52. The van der Waals surface area contributed by atoms with Gasteiger partial charge in [-0.05, 0) is 5.56 Å². The molecule has 8 nitrogen and oxygen atoms in total. The van der Waals surface area contributed by atoms with Gasteiger partial charge in [0, 0.05) is 0 Å². The molecule has 1 saturated heterocycles. The molecule has 0 saturated carbocycles. The van der Waals surface area contributed by atoms with Crippen LogP contribution in [0.2, 0.25) is 0 Å². The average Bonchev–Trinajstić information content (AvgIpc) is 2.54. The summed E-state index contributed by atoms with van der Waals surface area (Å²) in [4.78, 5) is 11.7. The van der Waals surface area contributed by atoms with Crippen molar-refractivity contribution in [3.63, 3.8) is 0 Å². The van der Waals surface area contributed by atoms with Gasteiger partial charge in [-0.2, -0.15) is 0 Å². The molecule has 0 bridgehead atoms. The van der Waals surface area contributed by atoms with Crippen LogP contribution in [0.3, 0.4) is 0 Å². The Bertz CT molecular complexity index is 483. The number of carbonyl (C=O) groups excluding carboxylic acids is 1. The van der Waals surface area contributed by atoms with Crippen molar-refractivity contribution >= 4 is 6.09 Å². The van der Waals surface area contributed by atoms with Gasteiger partial charge in [-0.3, -0.25) is 0 Å². The van der Waals surface area contributed by atoms with Crippen LogP contribution in [0.1, 0.15) is 5.56 Å². The highest BCUT2D eigenvalue weighted by Gasteiger charge is 2.44. The second-order valence-electron chi connectivity index (χ2n) is 4.96. The van der Waals surface area contributed by atoms with Gasteiger partial charge in [-0.15, -0.1) is 0 Å². The number of aliphatic hydroxyl groups is 4. The van der Waals surface area contributed by atoms with Crippen molar-refractivity contribution in [2.24, 2.45) is 0 Å². The second-order valence-corrected chi connectivity index (χ2v) is 4.96. The van der Waals surface area contributed by atoms with E-state index in [0.29, 0.717) is 0 Å². The minimum absolute atomic E-state index is 0.0221. The van der Waals surface area contributed by atoms with Crippen LogP contribution in [-0.4, -0.2) is 63.8 Å². The summed E-state index contributed by atoms with van der Waals surface area (Å²) >= 11 is 0. The van der Waals surface area contributed by atoms with Crippen molar-refractivity contribution in [1.29, 1.82) is 0 Å². The number of hydrogen-bond donors (Lipinski definition) is 5. The van der Waals surface area contributed by atoms with Crippen molar-refractivity contribution in [2.45, 2.75) is 37.3 Å². The number of amides is 1. The molecule has 5 atom stereocenters. The number of ether oxygens (including phenoxy) is 2. The molecule has 1 amide bonds. The summed E-state index contributed by atoms with van der Waals surface area (Å²) in [6.45, 7) is -0.547. The van der Waals surface area contributed by atoms with Gasteiger partial charge in [0.1, 0.15) is 31.0 Å². The van der Waals surface area contributed by atoms with E-state index >= 15 is 0 Å². The molecule has 1 heterocycles. The number of rotatable bonds is 4. The molecule has 0 aromatic heterocycles. The van der Waals surface area contributed by atoms with Gasteiger partial charge in [0.25, 0.3) is 0 Å². The highest BCUT2D eigenvalue weighted by Crippen LogP contribution is 2.19. The quantitative estimate of drug-likeness (QED) is 0.468. The van der Waals surface area contributed by atoms with E-state index in [1.165, 1.54) is 0 Å². The predicted molar refractivity (Wildman–Crippen MR) is 73.5 cm³/mol. The molecule has 22 heavy (non-hydrogen) atoms. The Hall–Kier alpha value is -1.71. The first-order valence-electron chi connectivity index (χ1n) is 6.80. The predicted octanol–water partition coefficient (Wildman–Crippen LogP) is -1.29. The number of hydrogen-bond acceptors (Lipinski definition) is 7. The van der Waals surface area contributed by atoms with Crippen molar-refractivity contribution in [2.75, 3.05) is 6.61 Å². The Kier molecular flexibility index (Phi) is 5.69. The summed E-state index contributed by atoms with van der Waals surface area (Å²) in [7, 11) is 0. The van der Waals surface area contributed by atoms with Gasteiger partial charge in [0.2, 0.25) is 0 Å². The lowest BCUT2D eigenvalue weighted by molar-refractivity contribution is -0.253. The van der Waals surface area contributed by atoms with Crippen LogP contribution in [0.25, 0.3) is 0 Å². The Labute approximate surface area is 126 Å². The van der Waals surface area contributed by atoms with E-state index in [0.717, 1.165) is 5.56 Å². The molecule has 0 radical (unpaired) electrons. The maximum absolute atomic E-state index is 11.7. The zero-order valence-corrected chi connectivity index (χ0v) is 11.7. The molecule has 1 aliphatic heterocycles. The summed E-state index contributed by atoms with van der Waals surface area (Å²) in [6, 6.07) is 7.71. The molecule has 0 aliphatic carbocycles. The molecule has 0 unspecified atom stereocenters. The van der Waals surface area contributed by atoms with Crippen LogP contribution in [-0.2, 0) is 16.1 Å². The van der Waals surface area contributed by atoms with E-state index in [2.05, 4.69) is 5.32 Å². The van der Waals surface area contributed by atoms with Crippen LogP contribution in [0.15, 0.2) is 30.3 Å². The van der Waals surface area contributed by atoms with E-state index in [-0.39, 0.29) is 6.61 Å². The average molecular weight is 313 g/mol. The number of carbonyl (C=O) groups is 1. The molecule has 0 spiro atoms. The topological polar surface area (TPSA) is 128 Å². The van der Waals surface area contributed by atoms with Gasteiger partial charge in [-0.25, -0.2) is 4.79 Å². The van der Waals surface area contributed by atoms with Gasteiger partial charge < -0.3 is 35.2 Å². The van der Waals surface area contributed by atoms with Crippen LogP contribution in [0, 0.1) is 0 Å². The number of alkyl carbamates (subject to hydrolysis) is 1. The van der Waals surface area contributed by atoms with Crippen LogP contribution >= 0.6 is 0 Å². The van der Waals surface area contributed by atoms with Gasteiger partial charge in [0.05, 0.1) is 6.61 Å². The van der Waals surface area contributed by atoms with Crippen molar-refractivity contribution in [3.8, 4) is 0 Å². The Balaban J connectivity index is 1.87. The monoisotopic (exact) mass is 313 g/mol. The van der Waals surface area contributed by atoms with E-state index in [1.54, 1.807) is 24.3 Å². The Morgan fingerprint density at radius 3 is 2.50 bits per heavy atom. The van der Waals surface area contributed by atoms with Crippen LogP contribution in [0.4, 0.5) is 4.79 Å². The molecule has 1 aromatic carbocycles. The lowest BCUT2D eigenvalue weighted by Gasteiger charge is -2.39. The summed E-state index contributed by atoms with van der Waals surface area (Å²) in [5.41, 5.74) is 0.777. The largest absolute Gasteiger partial charge is 0.445 e. The molecule has 2 rings (SSSR count). The first-order valence-corrected chi connectivity index (χ1v) is 6.80. The third-order valence-corrected chi connectivity index (χ3v) is 3.40. The maximum atomic E-state index is 11.7. The first-order chi connectivity index (χ1) is 10.5. The molecular weight excluding hydrogens is 294 g/mol. The molecule has 5 N–H and O–H groups in total. The third kappa shape index (κ3) is 3.93. The maximum Gasteiger partial charge on any atom is 0.407 e. The number of nitrogens with one attached hydrogen (secondary N) is 1. The van der Waals surface area contributed by atoms with Crippen LogP contribution in [0.5, 0.6) is 0 Å². The zero-order valence-electron chi connectivity index (χ0n) is 11.7. The lowest BCUT2D eigenvalue weighted by Crippen LogP contribution is -2.64. The van der Waals surface area contributed by atoms with Gasteiger partial charge in [-0.1, -0.05) is 30.3 Å². The molecule has 122 valence electrons. The lowest BCUT2D eigenvalue weighted by atomic mass is 9.97. The first kappa shape index (κ1) is 16.7. The third-order valence-electron chi connectivity index (χ3n) is 3.40. The van der Waals surface area contributed by atoms with E-state index < -0.39 is 43.3 Å². The number of benzene rings is 1. The standard InChI is InChI=1S/C14H19NO7/c16-6-9-11(17)12(18)10(13(19)22-9)15-14(20)21-7-8-4-2-1-3-5-8/h1-5,9-13,16-19H,6-7H2,(H,15,20)/t9-,10+,11+,12-,13-/m0/s1. The summed E-state index contributed by atoms with van der Waals surface area (Å²) in [6.07, 6.45) is -6.49. The van der Waals surface area contributed by atoms with Gasteiger partial charge >= 0.3 is 6.09 Å². The Morgan fingerprint density at radius 1 is 1.18 bits per heavy atom. The molecule has 1 fully saturated rings. The normalized spacial score (nSPS) is 31.5. The molecule has 1 aromatic rings. The highest BCUT2D eigenvalue weighted by atomic mass is 16.6. The fourth-order valence-electron chi connectivity index (χ4n) is 2.15. The molecular formula is C14H19NO7.